The van der Waals surface area contributed by atoms with E-state index in [4.69, 9.17) is 0 Å². The first-order valence-electron chi connectivity index (χ1n) is 8.05. The van der Waals surface area contributed by atoms with Crippen LogP contribution in [0.2, 0.25) is 0 Å². The van der Waals surface area contributed by atoms with Gasteiger partial charge < -0.3 is 0 Å². The van der Waals surface area contributed by atoms with Crippen molar-refractivity contribution in [3.63, 3.8) is 0 Å². The van der Waals surface area contributed by atoms with Gasteiger partial charge in [-0.25, -0.2) is 8.78 Å². The lowest BCUT2D eigenvalue weighted by Crippen LogP contribution is -2.60. The first-order chi connectivity index (χ1) is 12.9. The van der Waals surface area contributed by atoms with Gasteiger partial charge in [-0.2, -0.15) is 26.3 Å². The van der Waals surface area contributed by atoms with E-state index in [1.165, 1.54) is 6.07 Å². The lowest BCUT2D eigenvalue weighted by atomic mass is 9.93. The molecule has 0 bridgehead atoms. The minimum atomic E-state index is -6.34. The first-order valence-corrected chi connectivity index (χ1v) is 8.05. The van der Waals surface area contributed by atoms with E-state index >= 15 is 0 Å². The summed E-state index contributed by atoms with van der Waals surface area (Å²) in [4.78, 5) is 3.05. The molecule has 0 fully saturated rings. The minimum Gasteiger partial charge on any atom is -0.286 e. The molecule has 28 heavy (non-hydrogen) atoms. The maximum absolute atomic E-state index is 14.3. The summed E-state index contributed by atoms with van der Waals surface area (Å²) in [5.41, 5.74) is 0.689. The van der Waals surface area contributed by atoms with E-state index in [1.807, 2.05) is 0 Å². The third-order valence-electron chi connectivity index (χ3n) is 4.68. The van der Waals surface area contributed by atoms with Crippen LogP contribution in [-0.4, -0.2) is 37.0 Å². The fourth-order valence-electron chi connectivity index (χ4n) is 3.24. The predicted octanol–water partition coefficient (Wildman–Crippen LogP) is 5.85. The van der Waals surface area contributed by atoms with Crippen LogP contribution in [0, 0.1) is 0 Å². The molecular weight excluding hydrogens is 394 g/mol. The molecule has 0 saturated carbocycles. The van der Waals surface area contributed by atoms with Crippen LogP contribution in [0.3, 0.4) is 0 Å². The van der Waals surface area contributed by atoms with Crippen LogP contribution in [0.15, 0.2) is 47.5 Å². The Morgan fingerprint density at radius 2 is 1.50 bits per heavy atom. The smallest absolute Gasteiger partial charge is 0.286 e. The van der Waals surface area contributed by atoms with Crippen LogP contribution in [0.4, 0.5) is 35.1 Å². The SMILES string of the molecule is C/N=C(/c1ccc2c(c1)Cc1ccccc1-2)C(F)(F)C(F)(F)C(F)(F)C(F)F. The average molecular weight is 407 g/mol. The van der Waals surface area contributed by atoms with Crippen molar-refractivity contribution >= 4 is 5.71 Å². The number of alkyl halides is 8. The summed E-state index contributed by atoms with van der Waals surface area (Å²) < 4.78 is 107. The van der Waals surface area contributed by atoms with Crippen LogP contribution in [-0.2, 0) is 6.42 Å². The Balaban J connectivity index is 2.04. The Morgan fingerprint density at radius 3 is 2.11 bits per heavy atom. The Hall–Kier alpha value is -2.45. The monoisotopic (exact) mass is 407 g/mol. The minimum absolute atomic E-state index is 0.325. The molecule has 3 rings (SSSR count). The van der Waals surface area contributed by atoms with Gasteiger partial charge in [0.1, 0.15) is 5.71 Å². The average Bonchev–Trinajstić information content (AvgIpc) is 2.99. The van der Waals surface area contributed by atoms with E-state index in [0.717, 1.165) is 23.3 Å². The molecule has 1 aliphatic carbocycles. The Bertz CT molecular complexity index is 933. The molecule has 0 aliphatic heterocycles. The van der Waals surface area contributed by atoms with E-state index in [0.29, 0.717) is 24.6 Å². The van der Waals surface area contributed by atoms with Crippen molar-refractivity contribution in [3.8, 4) is 11.1 Å². The molecule has 0 spiro atoms. The Morgan fingerprint density at radius 1 is 0.893 bits per heavy atom. The second-order valence-electron chi connectivity index (χ2n) is 6.35. The quantitative estimate of drug-likeness (QED) is 0.372. The van der Waals surface area contributed by atoms with Gasteiger partial charge >= 0.3 is 24.2 Å². The van der Waals surface area contributed by atoms with Crippen LogP contribution in [0.5, 0.6) is 0 Å². The van der Waals surface area contributed by atoms with Gasteiger partial charge in [0, 0.05) is 12.6 Å². The summed E-state index contributed by atoms with van der Waals surface area (Å²) in [5, 5.41) is 0. The van der Waals surface area contributed by atoms with Crippen molar-refractivity contribution in [1.29, 1.82) is 0 Å². The number of nitrogens with zero attached hydrogens (tertiary/aromatic N) is 1. The molecular formula is C19H13F8N. The molecule has 2 aromatic carbocycles. The molecule has 0 heterocycles. The third kappa shape index (κ3) is 2.79. The molecule has 1 aliphatic rings. The van der Waals surface area contributed by atoms with Gasteiger partial charge in [0.25, 0.3) is 0 Å². The fraction of sp³-hybridized carbons (Fsp3) is 0.316. The molecule has 0 amide bonds. The highest BCUT2D eigenvalue weighted by molar-refractivity contribution is 6.07. The van der Waals surface area contributed by atoms with Gasteiger partial charge in [-0.15, -0.1) is 0 Å². The fourth-order valence-corrected chi connectivity index (χ4v) is 3.24. The summed E-state index contributed by atoms with van der Waals surface area (Å²) in [6.07, 6.45) is -4.65. The lowest BCUT2D eigenvalue weighted by molar-refractivity contribution is -0.319. The molecule has 0 saturated heterocycles. The zero-order chi connectivity index (χ0) is 20.9. The number of hydrogen-bond acceptors (Lipinski definition) is 1. The van der Waals surface area contributed by atoms with Crippen molar-refractivity contribution in [1.82, 2.24) is 0 Å². The second kappa shape index (κ2) is 6.56. The third-order valence-corrected chi connectivity index (χ3v) is 4.68. The predicted molar refractivity (Wildman–Crippen MR) is 88.0 cm³/mol. The zero-order valence-electron chi connectivity index (χ0n) is 14.3. The topological polar surface area (TPSA) is 12.4 Å². The molecule has 9 heteroatoms. The largest absolute Gasteiger partial charge is 0.383 e. The van der Waals surface area contributed by atoms with Gasteiger partial charge in [0.05, 0.1) is 0 Å². The standard InChI is InChI=1S/C19H13F8N/c1-28-15(17(22,23)19(26,27)18(24,25)16(20)21)11-6-7-14-12(9-11)8-10-4-2-3-5-13(10)14/h2-7,9,16H,8H2,1H3/b28-15-. The number of halogens is 8. The zero-order valence-corrected chi connectivity index (χ0v) is 14.3. The number of benzene rings is 2. The number of fused-ring (bicyclic) bond motifs is 3. The van der Waals surface area contributed by atoms with Gasteiger partial charge in [-0.3, -0.25) is 4.99 Å². The van der Waals surface area contributed by atoms with Gasteiger partial charge in [0.15, 0.2) is 0 Å². The molecule has 0 unspecified atom stereocenters. The van der Waals surface area contributed by atoms with Crippen LogP contribution >= 0.6 is 0 Å². The number of rotatable bonds is 5. The summed E-state index contributed by atoms with van der Waals surface area (Å²) in [6.45, 7) is 0. The highest BCUT2D eigenvalue weighted by Gasteiger charge is 2.77. The van der Waals surface area contributed by atoms with Crippen LogP contribution in [0.1, 0.15) is 16.7 Å². The van der Waals surface area contributed by atoms with E-state index in [2.05, 4.69) is 4.99 Å². The molecule has 0 atom stereocenters. The summed E-state index contributed by atoms with van der Waals surface area (Å²) in [7, 11) is 0.710. The molecule has 0 radical (unpaired) electrons. The van der Waals surface area contributed by atoms with Crippen molar-refractivity contribution in [2.75, 3.05) is 7.05 Å². The number of hydrogen-bond donors (Lipinski definition) is 0. The highest BCUT2D eigenvalue weighted by atomic mass is 19.4. The van der Waals surface area contributed by atoms with Crippen LogP contribution in [0.25, 0.3) is 11.1 Å². The lowest BCUT2D eigenvalue weighted by Gasteiger charge is -2.33. The van der Waals surface area contributed by atoms with E-state index < -0.39 is 35.5 Å². The molecule has 150 valence electrons. The summed E-state index contributed by atoms with van der Waals surface area (Å²) in [5.74, 6) is -18.2. The van der Waals surface area contributed by atoms with E-state index in [1.54, 1.807) is 24.3 Å². The first kappa shape index (κ1) is 20.3. The second-order valence-corrected chi connectivity index (χ2v) is 6.35. The number of aliphatic imine (C=N–C) groups is 1. The molecule has 0 aromatic heterocycles. The molecule has 1 nitrogen and oxygen atoms in total. The van der Waals surface area contributed by atoms with Gasteiger partial charge in [-0.05, 0) is 34.7 Å². The summed E-state index contributed by atoms with van der Waals surface area (Å²) >= 11 is 0. The normalized spacial score (nSPS) is 15.0. The van der Waals surface area contributed by atoms with E-state index in [9.17, 15) is 35.1 Å². The maximum Gasteiger partial charge on any atom is 0.383 e. The highest BCUT2D eigenvalue weighted by Crippen LogP contribution is 2.50. The Labute approximate surface area is 154 Å². The van der Waals surface area contributed by atoms with Gasteiger partial charge in [0.2, 0.25) is 0 Å². The Kier molecular flexibility index (Phi) is 4.75. The molecule has 2 aromatic rings. The van der Waals surface area contributed by atoms with Crippen LogP contribution < -0.4 is 0 Å². The van der Waals surface area contributed by atoms with Crippen molar-refractivity contribution in [3.05, 3.63) is 59.2 Å². The van der Waals surface area contributed by atoms with Crippen molar-refractivity contribution in [2.24, 2.45) is 4.99 Å². The van der Waals surface area contributed by atoms with Crippen molar-refractivity contribution in [2.45, 2.75) is 30.6 Å². The van der Waals surface area contributed by atoms with Gasteiger partial charge in [-0.1, -0.05) is 36.4 Å². The maximum atomic E-state index is 14.3. The summed E-state index contributed by atoms with van der Waals surface area (Å²) in [6, 6.07) is 10.7. The van der Waals surface area contributed by atoms with E-state index in [-0.39, 0.29) is 0 Å². The molecule has 0 N–H and O–H groups in total. The van der Waals surface area contributed by atoms with Crippen molar-refractivity contribution < 1.29 is 35.1 Å².